The summed E-state index contributed by atoms with van der Waals surface area (Å²) in [6.45, 7) is 5.63. The van der Waals surface area contributed by atoms with Crippen LogP contribution >= 0.6 is 0 Å². The van der Waals surface area contributed by atoms with E-state index >= 15 is 0 Å². The highest BCUT2D eigenvalue weighted by Crippen LogP contribution is 2.51. The Labute approximate surface area is 195 Å². The number of aliphatic hydroxyl groups excluding tert-OH is 2. The molecule has 7 heteroatoms. The first-order valence-electron chi connectivity index (χ1n) is 11.9. The molecule has 2 fully saturated rings. The van der Waals surface area contributed by atoms with Crippen LogP contribution in [0, 0.1) is 13.8 Å². The van der Waals surface area contributed by atoms with Crippen molar-refractivity contribution in [2.75, 3.05) is 13.7 Å². The van der Waals surface area contributed by atoms with Gasteiger partial charge in [0.05, 0.1) is 29.4 Å². The van der Waals surface area contributed by atoms with Crippen molar-refractivity contribution in [2.24, 2.45) is 0 Å². The molecule has 7 nitrogen and oxygen atoms in total. The first-order valence-corrected chi connectivity index (χ1v) is 11.9. The third-order valence-electron chi connectivity index (χ3n) is 7.84. The van der Waals surface area contributed by atoms with E-state index in [1.165, 1.54) is 5.56 Å². The summed E-state index contributed by atoms with van der Waals surface area (Å²) in [4.78, 5) is 14.9. The van der Waals surface area contributed by atoms with Crippen molar-refractivity contribution >= 4 is 5.91 Å². The van der Waals surface area contributed by atoms with E-state index in [9.17, 15) is 15.0 Å². The van der Waals surface area contributed by atoms with Gasteiger partial charge in [-0.25, -0.2) is 0 Å². The van der Waals surface area contributed by atoms with Gasteiger partial charge in [0, 0.05) is 19.2 Å². The summed E-state index contributed by atoms with van der Waals surface area (Å²) in [5.41, 5.74) is 1.39. The Morgan fingerprint density at radius 2 is 1.97 bits per heavy atom. The van der Waals surface area contributed by atoms with E-state index in [1.54, 1.807) is 11.9 Å². The minimum absolute atomic E-state index is 0.0269. The van der Waals surface area contributed by atoms with Crippen molar-refractivity contribution in [3.8, 4) is 0 Å². The molecule has 3 heterocycles. The molecule has 0 saturated carbocycles. The van der Waals surface area contributed by atoms with E-state index in [1.807, 2.05) is 39.0 Å². The average Bonchev–Trinajstić information content (AvgIpc) is 3.07. The molecule has 180 valence electrons. The summed E-state index contributed by atoms with van der Waals surface area (Å²) >= 11 is 0. The number of likely N-dealkylation sites (N-methyl/N-ethyl adjacent to an activating group) is 1. The Bertz CT molecular complexity index is 957. The Morgan fingerprint density at radius 1 is 1.24 bits per heavy atom. The van der Waals surface area contributed by atoms with Crippen molar-refractivity contribution in [1.82, 2.24) is 10.1 Å². The van der Waals surface area contributed by atoms with E-state index in [2.05, 4.69) is 17.3 Å². The molecular weight excluding hydrogens is 420 g/mol. The fourth-order valence-electron chi connectivity index (χ4n) is 5.96. The van der Waals surface area contributed by atoms with Gasteiger partial charge in [0.25, 0.3) is 0 Å². The molecule has 0 aliphatic carbocycles. The van der Waals surface area contributed by atoms with Gasteiger partial charge in [-0.1, -0.05) is 35.5 Å². The number of carbonyl (C=O) groups excluding carboxylic acids is 1. The summed E-state index contributed by atoms with van der Waals surface area (Å²) in [6, 6.07) is 9.96. The third-order valence-corrected chi connectivity index (χ3v) is 7.84. The predicted octanol–water partition coefficient (Wildman–Crippen LogP) is 3.29. The molecule has 0 radical (unpaired) electrons. The lowest BCUT2D eigenvalue weighted by Gasteiger charge is -2.50. The predicted molar refractivity (Wildman–Crippen MR) is 124 cm³/mol. The maximum absolute atomic E-state index is 13.2. The normalized spacial score (nSPS) is 31.8. The lowest BCUT2D eigenvalue weighted by atomic mass is 9.73. The number of aromatic nitrogens is 1. The zero-order chi connectivity index (χ0) is 23.8. The third kappa shape index (κ3) is 4.59. The second-order valence-electron chi connectivity index (χ2n) is 10.1. The summed E-state index contributed by atoms with van der Waals surface area (Å²) in [5, 5.41) is 25.4. The average molecular weight is 457 g/mol. The van der Waals surface area contributed by atoms with Crippen molar-refractivity contribution in [3.63, 3.8) is 0 Å². The van der Waals surface area contributed by atoms with Crippen molar-refractivity contribution in [1.29, 1.82) is 0 Å². The Hall–Kier alpha value is -2.22. The second kappa shape index (κ2) is 9.20. The number of aliphatic hydroxyl groups is 2. The number of hydrogen-bond donors (Lipinski definition) is 2. The molecule has 0 unspecified atom stereocenters. The molecule has 5 atom stereocenters. The zero-order valence-corrected chi connectivity index (χ0v) is 20.1. The van der Waals surface area contributed by atoms with Crippen LogP contribution in [0.2, 0.25) is 0 Å². The number of rotatable bonds is 6. The summed E-state index contributed by atoms with van der Waals surface area (Å²) < 4.78 is 11.9. The summed E-state index contributed by atoms with van der Waals surface area (Å²) in [6.07, 6.45) is 2.61. The van der Waals surface area contributed by atoms with Crippen LogP contribution < -0.4 is 0 Å². The van der Waals surface area contributed by atoms with Crippen LogP contribution in [-0.4, -0.2) is 63.2 Å². The fourth-order valence-corrected chi connectivity index (χ4v) is 5.96. The molecule has 2 saturated heterocycles. The van der Waals surface area contributed by atoms with Crippen LogP contribution in [0.3, 0.4) is 0 Å². The number of fused-ring (bicyclic) bond motifs is 2. The van der Waals surface area contributed by atoms with Gasteiger partial charge in [-0.3, -0.25) is 4.79 Å². The highest BCUT2D eigenvalue weighted by molar-refractivity contribution is 5.79. The molecular formula is C26H36N2O5. The van der Waals surface area contributed by atoms with E-state index in [0.29, 0.717) is 31.4 Å². The van der Waals surface area contributed by atoms with Gasteiger partial charge < -0.3 is 24.4 Å². The first kappa shape index (κ1) is 23.9. The summed E-state index contributed by atoms with van der Waals surface area (Å²) in [5.74, 6) is 0.784. The number of ether oxygens (including phenoxy) is 1. The van der Waals surface area contributed by atoms with Crippen LogP contribution in [0.15, 0.2) is 34.9 Å². The van der Waals surface area contributed by atoms with Crippen LogP contribution in [0.4, 0.5) is 0 Å². The lowest BCUT2D eigenvalue weighted by molar-refractivity contribution is -0.226. The molecule has 1 amide bonds. The molecule has 1 aromatic heterocycles. The van der Waals surface area contributed by atoms with Gasteiger partial charge in [0.1, 0.15) is 11.9 Å². The molecule has 4 rings (SSSR count). The van der Waals surface area contributed by atoms with Crippen molar-refractivity contribution in [2.45, 2.75) is 88.6 Å². The first-order chi connectivity index (χ1) is 15.7. The second-order valence-corrected chi connectivity index (χ2v) is 10.1. The molecule has 2 aliphatic rings. The standard InChI is InChI=1S/C26H36N2O5/c1-17-21(18(2)32-27-17)14-23(30)28(4)22-10-11-26(12-13-29)16-20(19-8-6-5-7-9-19)15-25(3,33-26)24(22)31/h5-9,20,22,24,29,31H,10-16H2,1-4H3/t20-,22+,24-,25+,26-/m1/s1. The topological polar surface area (TPSA) is 96.0 Å². The number of carbonyl (C=O) groups is 1. The fraction of sp³-hybridized carbons (Fsp3) is 0.615. The zero-order valence-electron chi connectivity index (χ0n) is 20.1. The smallest absolute Gasteiger partial charge is 0.227 e. The molecule has 0 spiro atoms. The molecule has 2 aliphatic heterocycles. The number of benzene rings is 1. The number of hydrogen-bond acceptors (Lipinski definition) is 6. The summed E-state index contributed by atoms with van der Waals surface area (Å²) in [7, 11) is 1.76. The van der Waals surface area contributed by atoms with Gasteiger partial charge >= 0.3 is 0 Å². The van der Waals surface area contributed by atoms with E-state index in [0.717, 1.165) is 17.7 Å². The lowest BCUT2D eigenvalue weighted by Crippen LogP contribution is -2.58. The Morgan fingerprint density at radius 3 is 2.61 bits per heavy atom. The SMILES string of the molecule is Cc1noc(C)c1CC(=O)N(C)[C@H]1CC[C@@]2(CCO)C[C@H](c3ccccc3)C[C@](C)(O2)[C@@H]1O. The Kier molecular flexibility index (Phi) is 6.67. The van der Waals surface area contributed by atoms with E-state index in [-0.39, 0.29) is 30.9 Å². The van der Waals surface area contributed by atoms with E-state index in [4.69, 9.17) is 9.26 Å². The molecule has 33 heavy (non-hydrogen) atoms. The van der Waals surface area contributed by atoms with E-state index < -0.39 is 17.3 Å². The van der Waals surface area contributed by atoms with Gasteiger partial charge in [-0.05, 0) is 64.4 Å². The molecule has 1 aromatic carbocycles. The maximum atomic E-state index is 13.2. The minimum atomic E-state index is -0.844. The quantitative estimate of drug-likeness (QED) is 0.693. The largest absolute Gasteiger partial charge is 0.396 e. The number of aryl methyl sites for hydroxylation is 2. The van der Waals surface area contributed by atoms with Gasteiger partial charge in [-0.2, -0.15) is 0 Å². The minimum Gasteiger partial charge on any atom is -0.396 e. The number of nitrogens with zero attached hydrogens (tertiary/aromatic N) is 2. The highest BCUT2D eigenvalue weighted by Gasteiger charge is 2.55. The molecule has 2 bridgehead atoms. The van der Waals surface area contributed by atoms with Crippen LogP contribution in [0.1, 0.15) is 67.5 Å². The van der Waals surface area contributed by atoms with Crippen LogP contribution in [-0.2, 0) is 16.0 Å². The number of amides is 1. The molecule has 2 aromatic rings. The molecule has 2 N–H and O–H groups in total. The van der Waals surface area contributed by atoms with Crippen LogP contribution in [0.25, 0.3) is 0 Å². The van der Waals surface area contributed by atoms with Crippen LogP contribution in [0.5, 0.6) is 0 Å². The van der Waals surface area contributed by atoms with Crippen molar-refractivity contribution < 1.29 is 24.3 Å². The van der Waals surface area contributed by atoms with Crippen molar-refractivity contribution in [3.05, 3.63) is 52.9 Å². The highest BCUT2D eigenvalue weighted by atomic mass is 16.5. The van der Waals surface area contributed by atoms with Gasteiger partial charge in [0.15, 0.2) is 0 Å². The maximum Gasteiger partial charge on any atom is 0.227 e. The van der Waals surface area contributed by atoms with Gasteiger partial charge in [-0.15, -0.1) is 0 Å². The monoisotopic (exact) mass is 456 g/mol. The Balaban J connectivity index is 1.61. The van der Waals surface area contributed by atoms with Gasteiger partial charge in [0.2, 0.25) is 5.91 Å².